The van der Waals surface area contributed by atoms with Gasteiger partial charge in [-0.2, -0.15) is 0 Å². The number of ether oxygens (including phenoxy) is 1. The van der Waals surface area contributed by atoms with Crippen LogP contribution in [0.4, 0.5) is 0 Å². The van der Waals surface area contributed by atoms with Gasteiger partial charge >= 0.3 is 0 Å². The number of ketones is 1. The lowest BCUT2D eigenvalue weighted by Gasteiger charge is -2.39. The molecule has 194 valence electrons. The van der Waals surface area contributed by atoms with Crippen molar-refractivity contribution in [2.24, 2.45) is 13.0 Å². The van der Waals surface area contributed by atoms with Crippen molar-refractivity contribution in [1.82, 2.24) is 14.5 Å². The molecule has 0 N–H and O–H groups in total. The molecule has 1 aliphatic rings. The Morgan fingerprint density at radius 3 is 2.43 bits per heavy atom. The summed E-state index contributed by atoms with van der Waals surface area (Å²) < 4.78 is 7.02. The molecule has 0 saturated carbocycles. The second-order valence-electron chi connectivity index (χ2n) is 9.72. The summed E-state index contributed by atoms with van der Waals surface area (Å²) in [6.45, 7) is 4.98. The van der Waals surface area contributed by atoms with Gasteiger partial charge in [-0.25, -0.2) is 0 Å². The van der Waals surface area contributed by atoms with Gasteiger partial charge in [0.1, 0.15) is 0 Å². The molecule has 0 radical (unpaired) electrons. The van der Waals surface area contributed by atoms with Crippen LogP contribution in [0.25, 0.3) is 0 Å². The van der Waals surface area contributed by atoms with Crippen LogP contribution in [0.1, 0.15) is 59.3 Å². The van der Waals surface area contributed by atoms with E-state index < -0.39 is 6.04 Å². The Kier molecular flexibility index (Phi) is 8.66. The molecule has 4 rings (SSSR count). The minimum Gasteiger partial charge on any atom is -0.381 e. The summed E-state index contributed by atoms with van der Waals surface area (Å²) in [5.41, 5.74) is 2.59. The van der Waals surface area contributed by atoms with Crippen LogP contribution >= 0.6 is 0 Å². The quantitative estimate of drug-likeness (QED) is 0.440. The number of hydrogen-bond acceptors (Lipinski definition) is 5. The number of nitrogens with zero attached hydrogens (tertiary/aromatic N) is 3. The van der Waals surface area contributed by atoms with Crippen molar-refractivity contribution >= 4 is 11.7 Å². The van der Waals surface area contributed by atoms with Gasteiger partial charge in [0, 0.05) is 62.8 Å². The standard InChI is InChI=1S/C30H35N3O4/c1-4-27(34)28(23-13-16-37-17-14-23)33(30(36)24-18-21(2)29(35)32(3)19-24)20-25(22-10-6-5-7-11-22)26-12-8-9-15-31-26/h5-12,15,18-19,23,25,28H,4,13-14,16-17,20H2,1-3H3. The topological polar surface area (TPSA) is 81.5 Å². The molecule has 1 saturated heterocycles. The highest BCUT2D eigenvalue weighted by atomic mass is 16.5. The van der Waals surface area contributed by atoms with Gasteiger partial charge in [-0.15, -0.1) is 0 Å². The predicted molar refractivity (Wildman–Crippen MR) is 143 cm³/mol. The highest BCUT2D eigenvalue weighted by molar-refractivity contribution is 5.98. The van der Waals surface area contributed by atoms with E-state index >= 15 is 0 Å². The fourth-order valence-corrected chi connectivity index (χ4v) is 5.25. The molecule has 3 aromatic rings. The van der Waals surface area contributed by atoms with Crippen LogP contribution in [0, 0.1) is 12.8 Å². The number of aromatic nitrogens is 2. The lowest BCUT2D eigenvalue weighted by atomic mass is 9.85. The van der Waals surface area contributed by atoms with Gasteiger partial charge in [0.2, 0.25) is 0 Å². The molecule has 2 atom stereocenters. The smallest absolute Gasteiger partial charge is 0.256 e. The van der Waals surface area contributed by atoms with E-state index in [0.717, 1.165) is 11.3 Å². The van der Waals surface area contributed by atoms with Crippen LogP contribution in [0.2, 0.25) is 0 Å². The van der Waals surface area contributed by atoms with Crippen molar-refractivity contribution in [2.45, 2.75) is 45.1 Å². The molecular formula is C30H35N3O4. The van der Waals surface area contributed by atoms with Gasteiger partial charge in [-0.3, -0.25) is 19.4 Å². The molecule has 0 spiro atoms. The first kappa shape index (κ1) is 26.5. The second kappa shape index (κ2) is 12.1. The van der Waals surface area contributed by atoms with Gasteiger partial charge in [-0.1, -0.05) is 43.3 Å². The summed E-state index contributed by atoms with van der Waals surface area (Å²) in [6, 6.07) is 16.8. The van der Waals surface area contributed by atoms with Gasteiger partial charge in [-0.05, 0) is 49.4 Å². The van der Waals surface area contributed by atoms with Crippen LogP contribution in [0.3, 0.4) is 0 Å². The normalized spacial score (nSPS) is 15.6. The van der Waals surface area contributed by atoms with Crippen LogP contribution < -0.4 is 5.56 Å². The Labute approximate surface area is 218 Å². The second-order valence-corrected chi connectivity index (χ2v) is 9.72. The molecule has 37 heavy (non-hydrogen) atoms. The Balaban J connectivity index is 1.84. The highest BCUT2D eigenvalue weighted by Gasteiger charge is 2.38. The number of amides is 1. The third-order valence-electron chi connectivity index (χ3n) is 7.22. The molecule has 2 unspecified atom stereocenters. The molecule has 0 bridgehead atoms. The first-order chi connectivity index (χ1) is 17.9. The van der Waals surface area contributed by atoms with Gasteiger partial charge in [0.05, 0.1) is 11.6 Å². The van der Waals surface area contributed by atoms with E-state index in [0.29, 0.717) is 43.6 Å². The summed E-state index contributed by atoms with van der Waals surface area (Å²) in [6.07, 6.45) is 5.08. The largest absolute Gasteiger partial charge is 0.381 e. The summed E-state index contributed by atoms with van der Waals surface area (Å²) >= 11 is 0. The number of carbonyl (C=O) groups is 2. The van der Waals surface area contributed by atoms with E-state index in [9.17, 15) is 14.4 Å². The monoisotopic (exact) mass is 501 g/mol. The van der Waals surface area contributed by atoms with Gasteiger partial charge < -0.3 is 14.2 Å². The fourth-order valence-electron chi connectivity index (χ4n) is 5.25. The highest BCUT2D eigenvalue weighted by Crippen LogP contribution is 2.31. The number of pyridine rings is 2. The summed E-state index contributed by atoms with van der Waals surface area (Å²) in [7, 11) is 1.64. The summed E-state index contributed by atoms with van der Waals surface area (Å²) in [5, 5.41) is 0. The van der Waals surface area contributed by atoms with Crippen molar-refractivity contribution in [3.63, 3.8) is 0 Å². The first-order valence-electron chi connectivity index (χ1n) is 12.9. The van der Waals surface area contributed by atoms with Gasteiger partial charge in [0.15, 0.2) is 5.78 Å². The van der Waals surface area contributed by atoms with Gasteiger partial charge in [0.25, 0.3) is 11.5 Å². The molecule has 1 aromatic carbocycles. The zero-order valence-electron chi connectivity index (χ0n) is 21.8. The first-order valence-corrected chi connectivity index (χ1v) is 12.9. The third kappa shape index (κ3) is 6.05. The van der Waals surface area contributed by atoms with Crippen molar-refractivity contribution < 1.29 is 14.3 Å². The van der Waals surface area contributed by atoms with Crippen LogP contribution in [-0.4, -0.2) is 51.9 Å². The van der Waals surface area contributed by atoms with E-state index in [1.807, 2.05) is 55.5 Å². The van der Waals surface area contributed by atoms with Crippen molar-refractivity contribution in [3.05, 3.63) is 99.7 Å². The molecule has 1 amide bonds. The van der Waals surface area contributed by atoms with Crippen LogP contribution in [-0.2, 0) is 16.6 Å². The maximum absolute atomic E-state index is 14.3. The number of aryl methyl sites for hydroxylation is 2. The molecule has 1 aliphatic heterocycles. The zero-order valence-corrected chi connectivity index (χ0v) is 21.8. The summed E-state index contributed by atoms with van der Waals surface area (Å²) in [4.78, 5) is 46.5. The average molecular weight is 502 g/mol. The molecule has 2 aromatic heterocycles. The van der Waals surface area contributed by atoms with E-state index in [1.165, 1.54) is 4.57 Å². The number of benzene rings is 1. The Morgan fingerprint density at radius 1 is 1.11 bits per heavy atom. The Hall–Kier alpha value is -3.58. The van der Waals surface area contributed by atoms with Crippen molar-refractivity contribution in [2.75, 3.05) is 19.8 Å². The third-order valence-corrected chi connectivity index (χ3v) is 7.22. The van der Waals surface area contributed by atoms with Crippen LogP contribution in [0.15, 0.2) is 71.8 Å². The Morgan fingerprint density at radius 2 is 1.81 bits per heavy atom. The zero-order chi connectivity index (χ0) is 26.4. The minimum atomic E-state index is -0.589. The van der Waals surface area contributed by atoms with E-state index in [1.54, 1.807) is 37.3 Å². The number of Topliss-reactive ketones (excluding diaryl/α,β-unsaturated/α-hetero) is 1. The summed E-state index contributed by atoms with van der Waals surface area (Å²) in [5.74, 6) is -0.450. The molecule has 7 nitrogen and oxygen atoms in total. The van der Waals surface area contributed by atoms with E-state index in [4.69, 9.17) is 4.74 Å². The van der Waals surface area contributed by atoms with E-state index in [-0.39, 0.29) is 35.6 Å². The number of hydrogen-bond donors (Lipinski definition) is 0. The minimum absolute atomic E-state index is 0.000987. The predicted octanol–water partition coefficient (Wildman–Crippen LogP) is 4.14. The van der Waals surface area contributed by atoms with Crippen molar-refractivity contribution in [3.8, 4) is 0 Å². The molecule has 0 aliphatic carbocycles. The van der Waals surface area contributed by atoms with E-state index in [2.05, 4.69) is 4.98 Å². The average Bonchev–Trinajstić information content (AvgIpc) is 2.94. The molecule has 1 fully saturated rings. The molecule has 7 heteroatoms. The Bertz CT molecular complexity index is 1200. The SMILES string of the molecule is CCC(=O)C(C1CCOCC1)N(CC(c1ccccc1)c1ccccn1)C(=O)c1cc(C)c(=O)n(C)c1. The van der Waals surface area contributed by atoms with Crippen LogP contribution in [0.5, 0.6) is 0 Å². The molecule has 3 heterocycles. The maximum atomic E-state index is 14.3. The molecular weight excluding hydrogens is 466 g/mol. The maximum Gasteiger partial charge on any atom is 0.256 e. The number of carbonyl (C=O) groups excluding carboxylic acids is 2. The lowest BCUT2D eigenvalue weighted by molar-refractivity contribution is -0.126. The fraction of sp³-hybridized carbons (Fsp3) is 0.400. The lowest BCUT2D eigenvalue weighted by Crippen LogP contribution is -2.52. The van der Waals surface area contributed by atoms with Crippen molar-refractivity contribution in [1.29, 1.82) is 0 Å². The number of rotatable bonds is 9.